The number of piperazine rings is 1. The van der Waals surface area contributed by atoms with Crippen LogP contribution in [0.25, 0.3) is 0 Å². The third-order valence-corrected chi connectivity index (χ3v) is 5.50. The summed E-state index contributed by atoms with van der Waals surface area (Å²) in [6.45, 7) is 7.54. The lowest BCUT2D eigenvalue weighted by atomic mass is 9.87. The minimum atomic E-state index is -0.0439. The maximum atomic E-state index is 12.5. The number of hydrogen-bond acceptors (Lipinski definition) is 6. The van der Waals surface area contributed by atoms with Crippen LogP contribution in [-0.4, -0.2) is 58.3 Å². The van der Waals surface area contributed by atoms with Crippen LogP contribution in [0.4, 0.5) is 11.5 Å². The number of carbonyl (C=O) groups excluding carboxylic acids is 2. The highest BCUT2D eigenvalue weighted by Gasteiger charge is 2.45. The Bertz CT molecular complexity index is 897. The number of fused-ring (bicyclic) bond motifs is 2. The first-order valence-electron chi connectivity index (χ1n) is 9.63. The molecule has 7 heteroatoms. The number of aromatic nitrogens is 2. The van der Waals surface area contributed by atoms with Gasteiger partial charge in [-0.15, -0.1) is 0 Å². The molecule has 0 aliphatic carbocycles. The molecule has 5 rings (SSSR count). The van der Waals surface area contributed by atoms with Crippen molar-refractivity contribution in [2.75, 3.05) is 29.9 Å². The van der Waals surface area contributed by atoms with Gasteiger partial charge in [0, 0.05) is 48.2 Å². The van der Waals surface area contributed by atoms with Gasteiger partial charge in [-0.2, -0.15) is 0 Å². The number of amides is 1. The lowest BCUT2D eigenvalue weighted by molar-refractivity contribution is -0.121. The number of ketones is 1. The molecule has 3 saturated heterocycles. The second-order valence-corrected chi connectivity index (χ2v) is 7.72. The van der Waals surface area contributed by atoms with Crippen LogP contribution in [-0.2, 0) is 4.79 Å². The number of aryl methyl sites for hydroxylation is 2. The van der Waals surface area contributed by atoms with Crippen molar-refractivity contribution in [1.29, 1.82) is 0 Å². The minimum absolute atomic E-state index is 0.0105. The molecule has 2 unspecified atom stereocenters. The van der Waals surface area contributed by atoms with Crippen LogP contribution in [0.3, 0.4) is 0 Å². The van der Waals surface area contributed by atoms with Crippen molar-refractivity contribution in [2.45, 2.75) is 39.3 Å². The normalized spacial score (nSPS) is 21.2. The third kappa shape index (κ3) is 3.75. The van der Waals surface area contributed by atoms with Crippen LogP contribution in [0.1, 0.15) is 35.2 Å². The van der Waals surface area contributed by atoms with Gasteiger partial charge in [0.1, 0.15) is 11.6 Å². The van der Waals surface area contributed by atoms with Gasteiger partial charge in [-0.05, 0) is 39.3 Å². The smallest absolute Gasteiger partial charge is 0.238 e. The summed E-state index contributed by atoms with van der Waals surface area (Å²) < 4.78 is 0. The van der Waals surface area contributed by atoms with E-state index < -0.39 is 0 Å². The van der Waals surface area contributed by atoms with E-state index in [-0.39, 0.29) is 11.7 Å². The predicted octanol–water partition coefficient (Wildman–Crippen LogP) is 2.20. The van der Waals surface area contributed by atoms with E-state index in [2.05, 4.69) is 25.1 Å². The van der Waals surface area contributed by atoms with Crippen LogP contribution in [0, 0.1) is 13.8 Å². The second-order valence-electron chi connectivity index (χ2n) is 7.72. The molecule has 4 heterocycles. The second kappa shape index (κ2) is 7.31. The van der Waals surface area contributed by atoms with E-state index in [0.717, 1.165) is 36.8 Å². The Kier molecular flexibility index (Phi) is 4.85. The molecule has 3 aliphatic heterocycles. The monoisotopic (exact) mass is 379 g/mol. The van der Waals surface area contributed by atoms with E-state index in [9.17, 15) is 9.59 Å². The van der Waals surface area contributed by atoms with Crippen LogP contribution < -0.4 is 10.2 Å². The first-order valence-corrected chi connectivity index (χ1v) is 9.63. The Morgan fingerprint density at radius 1 is 1.14 bits per heavy atom. The zero-order chi connectivity index (χ0) is 19.8. The van der Waals surface area contributed by atoms with Gasteiger partial charge in [0.2, 0.25) is 5.91 Å². The number of rotatable bonds is 5. The van der Waals surface area contributed by atoms with Crippen molar-refractivity contribution >= 4 is 23.2 Å². The number of anilines is 2. The van der Waals surface area contributed by atoms with Gasteiger partial charge in [0.05, 0.1) is 6.54 Å². The van der Waals surface area contributed by atoms with Gasteiger partial charge < -0.3 is 10.2 Å². The van der Waals surface area contributed by atoms with Crippen molar-refractivity contribution < 1.29 is 9.59 Å². The number of benzene rings is 1. The van der Waals surface area contributed by atoms with Crippen molar-refractivity contribution in [2.24, 2.45) is 0 Å². The van der Waals surface area contributed by atoms with E-state index in [4.69, 9.17) is 0 Å². The summed E-state index contributed by atoms with van der Waals surface area (Å²) in [6, 6.07) is 9.82. The highest BCUT2D eigenvalue weighted by atomic mass is 16.2. The number of carbonyl (C=O) groups is 2. The minimum Gasteiger partial charge on any atom is -0.353 e. The SMILES string of the molecule is CC(=O)c1cccc(NC(=O)CN2C3CC2CN(c2cc(C)nc(C)n2)C3)c1. The molecular formula is C21H25N5O2. The molecule has 0 saturated carbocycles. The van der Waals surface area contributed by atoms with Crippen molar-refractivity contribution in [3.05, 3.63) is 47.4 Å². The average molecular weight is 379 g/mol. The van der Waals surface area contributed by atoms with Crippen molar-refractivity contribution in [3.8, 4) is 0 Å². The first kappa shape index (κ1) is 18.6. The van der Waals surface area contributed by atoms with E-state index in [1.807, 2.05) is 26.0 Å². The molecule has 146 valence electrons. The number of hydrogen-bond donors (Lipinski definition) is 1. The molecule has 1 N–H and O–H groups in total. The fourth-order valence-electron chi connectivity index (χ4n) is 4.17. The molecule has 2 atom stereocenters. The summed E-state index contributed by atoms with van der Waals surface area (Å²) in [5.74, 6) is 1.71. The Balaban J connectivity index is 1.36. The molecule has 1 aromatic carbocycles. The van der Waals surface area contributed by atoms with E-state index in [1.165, 1.54) is 6.92 Å². The summed E-state index contributed by atoms with van der Waals surface area (Å²) in [5, 5.41) is 2.92. The molecule has 0 spiro atoms. The van der Waals surface area contributed by atoms with E-state index >= 15 is 0 Å². The maximum Gasteiger partial charge on any atom is 0.238 e. The highest BCUT2D eigenvalue weighted by Crippen LogP contribution is 2.34. The third-order valence-electron chi connectivity index (χ3n) is 5.50. The number of nitrogens with one attached hydrogen (secondary N) is 1. The van der Waals surface area contributed by atoms with Crippen LogP contribution >= 0.6 is 0 Å². The lowest BCUT2D eigenvalue weighted by Gasteiger charge is -2.56. The zero-order valence-corrected chi connectivity index (χ0v) is 16.5. The quantitative estimate of drug-likeness (QED) is 0.803. The molecular weight excluding hydrogens is 354 g/mol. The Labute approximate surface area is 164 Å². The topological polar surface area (TPSA) is 78.4 Å². The fraction of sp³-hybridized carbons (Fsp3) is 0.429. The summed E-state index contributed by atoms with van der Waals surface area (Å²) in [5.41, 5.74) is 2.24. The van der Waals surface area contributed by atoms with Gasteiger partial charge in [0.15, 0.2) is 5.78 Å². The van der Waals surface area contributed by atoms with Crippen LogP contribution in [0.2, 0.25) is 0 Å². The summed E-state index contributed by atoms with van der Waals surface area (Å²) in [6.07, 6.45) is 1.12. The molecule has 2 bridgehead atoms. The van der Waals surface area contributed by atoms with Crippen molar-refractivity contribution in [3.63, 3.8) is 0 Å². The van der Waals surface area contributed by atoms with Crippen LogP contribution in [0.5, 0.6) is 0 Å². The predicted molar refractivity (Wildman–Crippen MR) is 108 cm³/mol. The molecule has 1 aromatic heterocycles. The maximum absolute atomic E-state index is 12.5. The number of Topliss-reactive ketones (excluding diaryl/α,β-unsaturated/α-hetero) is 1. The van der Waals surface area contributed by atoms with Gasteiger partial charge in [-0.1, -0.05) is 12.1 Å². The molecule has 2 aromatic rings. The Morgan fingerprint density at radius 2 is 1.89 bits per heavy atom. The van der Waals surface area contributed by atoms with E-state index in [1.54, 1.807) is 18.2 Å². The lowest BCUT2D eigenvalue weighted by Crippen LogP contribution is -2.69. The number of piperidine rings is 1. The average Bonchev–Trinajstić information content (AvgIpc) is 2.65. The van der Waals surface area contributed by atoms with E-state index in [0.29, 0.717) is 29.9 Å². The largest absolute Gasteiger partial charge is 0.353 e. The molecule has 28 heavy (non-hydrogen) atoms. The summed E-state index contributed by atoms with van der Waals surface area (Å²) >= 11 is 0. The molecule has 0 radical (unpaired) electrons. The number of nitrogens with zero attached hydrogens (tertiary/aromatic N) is 4. The standard InChI is InChI=1S/C21H25N5O2/c1-13-7-20(23-15(3)22-13)25-10-18-9-19(11-25)26(18)12-21(28)24-17-6-4-5-16(8-17)14(2)27/h4-8,18-19H,9-12H2,1-3H3,(H,24,28). The fourth-order valence-corrected chi connectivity index (χ4v) is 4.17. The highest BCUT2D eigenvalue weighted by molar-refractivity contribution is 5.97. The molecule has 1 amide bonds. The Hall–Kier alpha value is -2.80. The summed E-state index contributed by atoms with van der Waals surface area (Å²) in [4.78, 5) is 37.5. The first-order chi connectivity index (χ1) is 13.4. The van der Waals surface area contributed by atoms with Gasteiger partial charge in [0.25, 0.3) is 0 Å². The molecule has 3 aliphatic rings. The molecule has 3 fully saturated rings. The van der Waals surface area contributed by atoms with Gasteiger partial charge in [-0.25, -0.2) is 9.97 Å². The zero-order valence-electron chi connectivity index (χ0n) is 16.5. The van der Waals surface area contributed by atoms with Gasteiger partial charge >= 0.3 is 0 Å². The van der Waals surface area contributed by atoms with Crippen LogP contribution in [0.15, 0.2) is 30.3 Å². The van der Waals surface area contributed by atoms with Gasteiger partial charge in [-0.3, -0.25) is 14.5 Å². The molecule has 7 nitrogen and oxygen atoms in total. The Morgan fingerprint density at radius 3 is 2.57 bits per heavy atom. The van der Waals surface area contributed by atoms with Crippen molar-refractivity contribution in [1.82, 2.24) is 14.9 Å². The summed E-state index contributed by atoms with van der Waals surface area (Å²) in [7, 11) is 0.